The maximum Gasteiger partial charge on any atom is 0.0829 e. The molecule has 3 atom stereocenters. The van der Waals surface area contributed by atoms with Gasteiger partial charge < -0.3 is 9.64 Å². The highest BCUT2D eigenvalue weighted by Crippen LogP contribution is 2.25. The van der Waals surface area contributed by atoms with Crippen molar-refractivity contribution in [2.75, 3.05) is 45.2 Å². The lowest BCUT2D eigenvalue weighted by molar-refractivity contribution is -0.0369. The molecule has 0 N–H and O–H groups in total. The van der Waals surface area contributed by atoms with Crippen molar-refractivity contribution in [1.82, 2.24) is 9.80 Å². The Morgan fingerprint density at radius 3 is 2.88 bits per heavy atom. The summed E-state index contributed by atoms with van der Waals surface area (Å²) in [6, 6.07) is 0.704. The van der Waals surface area contributed by atoms with Crippen LogP contribution in [0.1, 0.15) is 13.3 Å². The van der Waals surface area contributed by atoms with E-state index < -0.39 is 0 Å². The zero-order chi connectivity index (χ0) is 11.5. The molecule has 2 heterocycles. The largest absolute Gasteiger partial charge is 0.374 e. The van der Waals surface area contributed by atoms with Gasteiger partial charge in [0, 0.05) is 31.0 Å². The molecule has 3 nitrogen and oxygen atoms in total. The summed E-state index contributed by atoms with van der Waals surface area (Å²) in [5.41, 5.74) is 0. The zero-order valence-corrected chi connectivity index (χ0v) is 11.9. The number of likely N-dealkylation sites (tertiary alicyclic amines) is 1. The molecular weight excluding hydrogens is 268 g/mol. The minimum Gasteiger partial charge on any atom is -0.374 e. The summed E-state index contributed by atoms with van der Waals surface area (Å²) in [5.74, 6) is 0.820. The second-order valence-corrected chi connectivity index (χ2v) is 5.89. The number of ether oxygens (including phenoxy) is 1. The van der Waals surface area contributed by atoms with Gasteiger partial charge in [0.25, 0.3) is 0 Å². The summed E-state index contributed by atoms with van der Waals surface area (Å²) in [6.07, 6.45) is 1.74. The third-order valence-corrected chi connectivity index (χ3v) is 4.60. The van der Waals surface area contributed by atoms with E-state index in [4.69, 9.17) is 4.74 Å². The van der Waals surface area contributed by atoms with Crippen LogP contribution in [0.5, 0.6) is 0 Å². The van der Waals surface area contributed by atoms with E-state index in [0.717, 1.165) is 37.5 Å². The molecule has 0 radical (unpaired) electrons. The molecule has 0 amide bonds. The lowest BCUT2D eigenvalue weighted by atomic mass is 10.1. The lowest BCUT2D eigenvalue weighted by Gasteiger charge is -2.34. The Hall–Kier alpha value is 0.360. The van der Waals surface area contributed by atoms with Crippen LogP contribution in [0.25, 0.3) is 0 Å². The van der Waals surface area contributed by atoms with Gasteiger partial charge in [0.1, 0.15) is 0 Å². The molecule has 2 fully saturated rings. The molecule has 0 aromatic heterocycles. The van der Waals surface area contributed by atoms with Crippen molar-refractivity contribution in [3.05, 3.63) is 0 Å². The number of halogens is 1. The van der Waals surface area contributed by atoms with E-state index >= 15 is 0 Å². The van der Waals surface area contributed by atoms with Crippen molar-refractivity contribution >= 4 is 15.9 Å². The number of likely N-dealkylation sites (N-methyl/N-ethyl adjacent to an activating group) is 1. The number of hydrogen-bond donors (Lipinski definition) is 0. The van der Waals surface area contributed by atoms with Crippen LogP contribution in [0.2, 0.25) is 0 Å². The predicted molar refractivity (Wildman–Crippen MR) is 70.2 cm³/mol. The van der Waals surface area contributed by atoms with Crippen molar-refractivity contribution in [2.45, 2.75) is 25.5 Å². The maximum absolute atomic E-state index is 5.84. The minimum atomic E-state index is 0.408. The molecule has 0 aliphatic carbocycles. The van der Waals surface area contributed by atoms with Crippen LogP contribution in [0.15, 0.2) is 0 Å². The van der Waals surface area contributed by atoms with Gasteiger partial charge in [-0.25, -0.2) is 0 Å². The molecule has 0 spiro atoms. The normalized spacial score (nSPS) is 38.1. The first-order chi connectivity index (χ1) is 7.70. The first-order valence-corrected chi connectivity index (χ1v) is 7.43. The molecule has 3 unspecified atom stereocenters. The van der Waals surface area contributed by atoms with Gasteiger partial charge in [-0.1, -0.05) is 22.9 Å². The average molecular weight is 291 g/mol. The van der Waals surface area contributed by atoms with Gasteiger partial charge in [-0.2, -0.15) is 0 Å². The Bertz CT molecular complexity index is 227. The summed E-state index contributed by atoms with van der Waals surface area (Å²) < 4.78 is 5.84. The summed E-state index contributed by atoms with van der Waals surface area (Å²) >= 11 is 3.64. The molecular formula is C12H23BrN2O. The monoisotopic (exact) mass is 290 g/mol. The van der Waals surface area contributed by atoms with Crippen LogP contribution in [-0.2, 0) is 4.74 Å². The van der Waals surface area contributed by atoms with Crippen LogP contribution in [0.3, 0.4) is 0 Å². The number of nitrogens with zero attached hydrogens (tertiary/aromatic N) is 2. The van der Waals surface area contributed by atoms with Crippen LogP contribution >= 0.6 is 15.9 Å². The Labute approximate surface area is 107 Å². The van der Waals surface area contributed by atoms with Gasteiger partial charge in [0.15, 0.2) is 0 Å². The standard InChI is InChI=1S/C12H23BrN2O/c1-10-3-4-15(12(10)7-13)9-11-8-14(2)5-6-16-11/h10-12H,3-9H2,1-2H3. The highest BCUT2D eigenvalue weighted by molar-refractivity contribution is 9.09. The second-order valence-electron chi connectivity index (χ2n) is 5.24. The summed E-state index contributed by atoms with van der Waals surface area (Å²) in [7, 11) is 2.18. The Morgan fingerprint density at radius 1 is 1.38 bits per heavy atom. The van der Waals surface area contributed by atoms with Gasteiger partial charge in [-0.05, 0) is 25.9 Å². The van der Waals surface area contributed by atoms with Crippen molar-refractivity contribution < 1.29 is 4.74 Å². The second kappa shape index (κ2) is 5.80. The fourth-order valence-corrected chi connectivity index (χ4v) is 3.85. The third-order valence-electron chi connectivity index (χ3n) is 3.94. The minimum absolute atomic E-state index is 0.408. The first-order valence-electron chi connectivity index (χ1n) is 6.31. The van der Waals surface area contributed by atoms with E-state index in [1.165, 1.54) is 13.0 Å². The van der Waals surface area contributed by atoms with Gasteiger partial charge in [-0.15, -0.1) is 0 Å². The fraction of sp³-hybridized carbons (Fsp3) is 1.00. The molecule has 16 heavy (non-hydrogen) atoms. The number of hydrogen-bond acceptors (Lipinski definition) is 3. The molecule has 0 aromatic rings. The average Bonchev–Trinajstić information content (AvgIpc) is 2.59. The summed E-state index contributed by atoms with van der Waals surface area (Å²) in [6.45, 7) is 7.75. The lowest BCUT2D eigenvalue weighted by Crippen LogP contribution is -2.47. The van der Waals surface area contributed by atoms with E-state index in [9.17, 15) is 0 Å². The van der Waals surface area contributed by atoms with E-state index in [1.54, 1.807) is 0 Å². The van der Waals surface area contributed by atoms with Gasteiger partial charge in [-0.3, -0.25) is 4.90 Å². The Kier molecular flexibility index (Phi) is 4.65. The van der Waals surface area contributed by atoms with Crippen molar-refractivity contribution in [1.29, 1.82) is 0 Å². The highest BCUT2D eigenvalue weighted by Gasteiger charge is 2.32. The maximum atomic E-state index is 5.84. The molecule has 2 rings (SSSR count). The Morgan fingerprint density at radius 2 is 2.19 bits per heavy atom. The molecule has 2 saturated heterocycles. The molecule has 4 heteroatoms. The highest BCUT2D eigenvalue weighted by atomic mass is 79.9. The molecule has 0 aromatic carbocycles. The number of alkyl halides is 1. The van der Waals surface area contributed by atoms with Crippen LogP contribution in [0.4, 0.5) is 0 Å². The summed E-state index contributed by atoms with van der Waals surface area (Å²) in [5, 5.41) is 1.09. The number of rotatable bonds is 3. The van der Waals surface area contributed by atoms with Gasteiger partial charge in [0.2, 0.25) is 0 Å². The van der Waals surface area contributed by atoms with Crippen LogP contribution in [0, 0.1) is 5.92 Å². The van der Waals surface area contributed by atoms with E-state index in [1.807, 2.05) is 0 Å². The van der Waals surface area contributed by atoms with Crippen molar-refractivity contribution in [3.63, 3.8) is 0 Å². The molecule has 0 bridgehead atoms. The van der Waals surface area contributed by atoms with Crippen LogP contribution < -0.4 is 0 Å². The Balaban J connectivity index is 1.84. The molecule has 94 valence electrons. The van der Waals surface area contributed by atoms with Gasteiger partial charge in [0.05, 0.1) is 12.7 Å². The zero-order valence-electron chi connectivity index (χ0n) is 10.4. The van der Waals surface area contributed by atoms with E-state index in [-0.39, 0.29) is 0 Å². The predicted octanol–water partition coefficient (Wildman–Crippen LogP) is 1.42. The topological polar surface area (TPSA) is 15.7 Å². The fourth-order valence-electron chi connectivity index (χ4n) is 2.80. The SMILES string of the molecule is CC1CCN(CC2CN(C)CCO2)C1CBr. The van der Waals surface area contributed by atoms with Crippen molar-refractivity contribution in [2.24, 2.45) is 5.92 Å². The molecule has 2 aliphatic heterocycles. The quantitative estimate of drug-likeness (QED) is 0.732. The van der Waals surface area contributed by atoms with E-state index in [2.05, 4.69) is 39.7 Å². The number of morpholine rings is 1. The van der Waals surface area contributed by atoms with Gasteiger partial charge >= 0.3 is 0 Å². The van der Waals surface area contributed by atoms with Crippen molar-refractivity contribution in [3.8, 4) is 0 Å². The molecule has 2 aliphatic rings. The van der Waals surface area contributed by atoms with Crippen LogP contribution in [-0.4, -0.2) is 67.1 Å². The smallest absolute Gasteiger partial charge is 0.0829 e. The van der Waals surface area contributed by atoms with E-state index in [0.29, 0.717) is 12.1 Å². The molecule has 0 saturated carbocycles. The first kappa shape index (κ1) is 12.8. The summed E-state index contributed by atoms with van der Waals surface area (Å²) in [4.78, 5) is 4.97. The third kappa shape index (κ3) is 2.97.